The zero-order valence-corrected chi connectivity index (χ0v) is 11.1. The zero-order valence-electron chi connectivity index (χ0n) is 11.1. The highest BCUT2D eigenvalue weighted by Crippen LogP contribution is 2.24. The van der Waals surface area contributed by atoms with Gasteiger partial charge in [0.05, 0.1) is 11.7 Å². The van der Waals surface area contributed by atoms with Crippen LogP contribution in [0.5, 0.6) is 0 Å². The van der Waals surface area contributed by atoms with Crippen LogP contribution < -0.4 is 11.1 Å². The topological polar surface area (TPSA) is 72.9 Å². The summed E-state index contributed by atoms with van der Waals surface area (Å²) in [6, 6.07) is 0.481. The van der Waals surface area contributed by atoms with Crippen LogP contribution in [0.4, 0.5) is 0 Å². The number of hydrogen-bond donors (Lipinski definition) is 2. The molecule has 100 valence electrons. The molecule has 0 aromatic carbocycles. The van der Waals surface area contributed by atoms with Crippen molar-refractivity contribution < 1.29 is 4.79 Å². The Morgan fingerprint density at radius 3 is 2.89 bits per heavy atom. The van der Waals surface area contributed by atoms with Crippen LogP contribution in [0.3, 0.4) is 0 Å². The fraction of sp³-hybridized carbons (Fsp3) is 0.692. The van der Waals surface area contributed by atoms with Gasteiger partial charge in [0.25, 0.3) is 0 Å². The third-order valence-electron chi connectivity index (χ3n) is 3.47. The van der Waals surface area contributed by atoms with Crippen molar-refractivity contribution in [1.29, 1.82) is 0 Å². The van der Waals surface area contributed by atoms with Crippen LogP contribution in [-0.4, -0.2) is 27.3 Å². The van der Waals surface area contributed by atoms with Gasteiger partial charge in [0.15, 0.2) is 0 Å². The molecule has 1 saturated carbocycles. The summed E-state index contributed by atoms with van der Waals surface area (Å²) < 4.78 is 1.91. The Kier molecular flexibility index (Phi) is 3.71. The molecule has 18 heavy (non-hydrogen) atoms. The number of nitrogens with one attached hydrogen (secondary N) is 1. The highest BCUT2D eigenvalue weighted by molar-refractivity contribution is 5.84. The SMILES string of the molecule is Cc1cnn(CCCC(C)(NC2CC2)C(N)=O)c1. The van der Waals surface area contributed by atoms with Gasteiger partial charge in [0.1, 0.15) is 0 Å². The van der Waals surface area contributed by atoms with Crippen molar-refractivity contribution in [3.63, 3.8) is 0 Å². The van der Waals surface area contributed by atoms with Crippen LogP contribution in [0.2, 0.25) is 0 Å². The molecule has 5 nitrogen and oxygen atoms in total. The summed E-state index contributed by atoms with van der Waals surface area (Å²) in [6.45, 7) is 4.75. The molecule has 3 N–H and O–H groups in total. The lowest BCUT2D eigenvalue weighted by molar-refractivity contribution is -0.124. The predicted octanol–water partition coefficient (Wildman–Crippen LogP) is 0.968. The van der Waals surface area contributed by atoms with Crippen molar-refractivity contribution in [1.82, 2.24) is 15.1 Å². The summed E-state index contributed by atoms with van der Waals surface area (Å²) in [5.41, 5.74) is 6.08. The quantitative estimate of drug-likeness (QED) is 0.757. The van der Waals surface area contributed by atoms with E-state index < -0.39 is 5.54 Å². The Bertz CT molecular complexity index is 424. The molecular formula is C13H22N4O. The Morgan fingerprint density at radius 2 is 2.39 bits per heavy atom. The molecule has 1 amide bonds. The maximum Gasteiger partial charge on any atom is 0.237 e. The van der Waals surface area contributed by atoms with Gasteiger partial charge < -0.3 is 11.1 Å². The summed E-state index contributed by atoms with van der Waals surface area (Å²) in [5.74, 6) is -0.258. The normalized spacial score (nSPS) is 18.6. The fourth-order valence-electron chi connectivity index (χ4n) is 2.13. The summed E-state index contributed by atoms with van der Waals surface area (Å²) in [4.78, 5) is 11.6. The van der Waals surface area contributed by atoms with Gasteiger partial charge in [0, 0.05) is 18.8 Å². The molecule has 1 aliphatic carbocycles. The molecule has 1 aromatic rings. The standard InChI is InChI=1S/C13H22N4O/c1-10-8-15-17(9-10)7-3-6-13(2,12(14)18)16-11-4-5-11/h8-9,11,16H,3-7H2,1-2H3,(H2,14,18). The van der Waals surface area contributed by atoms with Crippen LogP contribution in [-0.2, 0) is 11.3 Å². The molecule has 1 aromatic heterocycles. The van der Waals surface area contributed by atoms with Crippen molar-refractivity contribution in [2.45, 2.75) is 57.7 Å². The lowest BCUT2D eigenvalue weighted by atomic mass is 9.94. The minimum atomic E-state index is -0.580. The molecule has 1 unspecified atom stereocenters. The molecule has 0 saturated heterocycles. The Morgan fingerprint density at radius 1 is 1.67 bits per heavy atom. The molecule has 0 aliphatic heterocycles. The minimum Gasteiger partial charge on any atom is -0.368 e. The van der Waals surface area contributed by atoms with Gasteiger partial charge in [-0.25, -0.2) is 0 Å². The van der Waals surface area contributed by atoms with Gasteiger partial charge >= 0.3 is 0 Å². The summed E-state index contributed by atoms with van der Waals surface area (Å²) in [5, 5.41) is 7.59. The average Bonchev–Trinajstić information content (AvgIpc) is 3.00. The highest BCUT2D eigenvalue weighted by Gasteiger charge is 2.36. The molecule has 5 heteroatoms. The molecule has 1 heterocycles. The summed E-state index contributed by atoms with van der Waals surface area (Å²) in [7, 11) is 0. The number of carbonyl (C=O) groups excluding carboxylic acids is 1. The number of amides is 1. The average molecular weight is 250 g/mol. The minimum absolute atomic E-state index is 0.258. The van der Waals surface area contributed by atoms with Crippen molar-refractivity contribution in [2.24, 2.45) is 5.73 Å². The maximum atomic E-state index is 11.6. The Hall–Kier alpha value is -1.36. The molecule has 0 bridgehead atoms. The van der Waals surface area contributed by atoms with Gasteiger partial charge in [-0.3, -0.25) is 9.48 Å². The van der Waals surface area contributed by atoms with Crippen LogP contribution in [0.25, 0.3) is 0 Å². The molecular weight excluding hydrogens is 228 g/mol. The lowest BCUT2D eigenvalue weighted by Gasteiger charge is -2.27. The van der Waals surface area contributed by atoms with E-state index in [1.165, 1.54) is 0 Å². The van der Waals surface area contributed by atoms with Crippen molar-refractivity contribution in [3.8, 4) is 0 Å². The monoisotopic (exact) mass is 250 g/mol. The number of hydrogen-bond acceptors (Lipinski definition) is 3. The smallest absolute Gasteiger partial charge is 0.237 e. The molecule has 1 fully saturated rings. The Labute approximate surface area is 108 Å². The first-order chi connectivity index (χ1) is 8.49. The second-order valence-electron chi connectivity index (χ2n) is 5.50. The number of carbonyl (C=O) groups is 1. The van der Waals surface area contributed by atoms with Gasteiger partial charge in [-0.2, -0.15) is 5.10 Å². The highest BCUT2D eigenvalue weighted by atomic mass is 16.1. The number of rotatable bonds is 7. The van der Waals surface area contributed by atoms with E-state index in [-0.39, 0.29) is 5.91 Å². The fourth-order valence-corrected chi connectivity index (χ4v) is 2.13. The number of primary amides is 1. The molecule has 0 radical (unpaired) electrons. The van der Waals surface area contributed by atoms with E-state index in [9.17, 15) is 4.79 Å². The van der Waals surface area contributed by atoms with E-state index in [1.807, 2.05) is 30.9 Å². The van der Waals surface area contributed by atoms with Crippen molar-refractivity contribution in [3.05, 3.63) is 18.0 Å². The third kappa shape index (κ3) is 3.32. The van der Waals surface area contributed by atoms with Crippen LogP contribution in [0.1, 0.15) is 38.2 Å². The van der Waals surface area contributed by atoms with Crippen LogP contribution >= 0.6 is 0 Å². The van der Waals surface area contributed by atoms with Gasteiger partial charge in [0.2, 0.25) is 5.91 Å². The van der Waals surface area contributed by atoms with Crippen LogP contribution in [0.15, 0.2) is 12.4 Å². The molecule has 0 spiro atoms. The van der Waals surface area contributed by atoms with E-state index in [2.05, 4.69) is 10.4 Å². The maximum absolute atomic E-state index is 11.6. The van der Waals surface area contributed by atoms with Crippen molar-refractivity contribution >= 4 is 5.91 Å². The second-order valence-corrected chi connectivity index (χ2v) is 5.50. The van der Waals surface area contributed by atoms with Crippen LogP contribution in [0, 0.1) is 6.92 Å². The lowest BCUT2D eigenvalue weighted by Crippen LogP contribution is -2.54. The molecule has 1 aliphatic rings. The molecule has 1 atom stereocenters. The van der Waals surface area contributed by atoms with E-state index in [0.717, 1.165) is 37.8 Å². The number of nitrogens with two attached hydrogens (primary N) is 1. The predicted molar refractivity (Wildman–Crippen MR) is 70.0 cm³/mol. The first-order valence-corrected chi connectivity index (χ1v) is 6.56. The van der Waals surface area contributed by atoms with E-state index in [0.29, 0.717) is 6.04 Å². The Balaban J connectivity index is 1.83. The number of nitrogens with zero attached hydrogens (tertiary/aromatic N) is 2. The van der Waals surface area contributed by atoms with E-state index >= 15 is 0 Å². The summed E-state index contributed by atoms with van der Waals surface area (Å²) in [6.07, 6.45) is 7.80. The first-order valence-electron chi connectivity index (χ1n) is 6.56. The number of aryl methyl sites for hydroxylation is 2. The van der Waals surface area contributed by atoms with Gasteiger partial charge in [-0.1, -0.05) is 0 Å². The van der Waals surface area contributed by atoms with Gasteiger partial charge in [-0.15, -0.1) is 0 Å². The second kappa shape index (κ2) is 5.10. The summed E-state index contributed by atoms with van der Waals surface area (Å²) >= 11 is 0. The number of aromatic nitrogens is 2. The van der Waals surface area contributed by atoms with Gasteiger partial charge in [-0.05, 0) is 45.1 Å². The van der Waals surface area contributed by atoms with E-state index in [1.54, 1.807) is 0 Å². The third-order valence-corrected chi connectivity index (χ3v) is 3.47. The largest absolute Gasteiger partial charge is 0.368 e. The zero-order chi connectivity index (χ0) is 13.2. The molecule has 2 rings (SSSR count). The first kappa shape index (κ1) is 13.1. The van der Waals surface area contributed by atoms with E-state index in [4.69, 9.17) is 5.73 Å². The van der Waals surface area contributed by atoms with Crippen molar-refractivity contribution in [2.75, 3.05) is 0 Å².